The SMILES string of the molecule is Cc1cccc(C)c1CN(CC1CCCO1)C1CCS(=O)(=O)C1. The predicted molar refractivity (Wildman–Crippen MR) is 92.4 cm³/mol. The van der Waals surface area contributed by atoms with Crippen molar-refractivity contribution < 1.29 is 13.2 Å². The molecule has 5 heteroatoms. The molecule has 2 unspecified atom stereocenters. The van der Waals surface area contributed by atoms with Crippen molar-refractivity contribution in [2.45, 2.75) is 51.8 Å². The van der Waals surface area contributed by atoms with Gasteiger partial charge in [-0.1, -0.05) is 18.2 Å². The Bertz CT molecular complexity index is 630. The second-order valence-electron chi connectivity index (χ2n) is 6.99. The number of sulfone groups is 1. The van der Waals surface area contributed by atoms with E-state index in [1.54, 1.807) is 0 Å². The van der Waals surface area contributed by atoms with Crippen LogP contribution in [-0.4, -0.2) is 50.1 Å². The maximum absolute atomic E-state index is 11.9. The van der Waals surface area contributed by atoms with Crippen LogP contribution in [0.4, 0.5) is 0 Å². The summed E-state index contributed by atoms with van der Waals surface area (Å²) in [6.07, 6.45) is 3.20. The molecule has 2 aliphatic heterocycles. The van der Waals surface area contributed by atoms with Crippen molar-refractivity contribution in [2.75, 3.05) is 24.7 Å². The number of aryl methyl sites for hydroxylation is 2. The van der Waals surface area contributed by atoms with Crippen LogP contribution in [0.3, 0.4) is 0 Å². The first-order valence-electron chi connectivity index (χ1n) is 8.56. The van der Waals surface area contributed by atoms with E-state index in [0.717, 1.165) is 39.0 Å². The molecule has 2 aliphatic rings. The average molecular weight is 337 g/mol. The van der Waals surface area contributed by atoms with Crippen LogP contribution >= 0.6 is 0 Å². The predicted octanol–water partition coefficient (Wildman–Crippen LogP) is 2.47. The van der Waals surface area contributed by atoms with Crippen LogP contribution in [0.5, 0.6) is 0 Å². The highest BCUT2D eigenvalue weighted by atomic mass is 32.2. The fourth-order valence-electron chi connectivity index (χ4n) is 3.76. The Balaban J connectivity index is 1.79. The largest absolute Gasteiger partial charge is 0.377 e. The van der Waals surface area contributed by atoms with Crippen molar-refractivity contribution in [2.24, 2.45) is 0 Å². The summed E-state index contributed by atoms with van der Waals surface area (Å²) in [5.74, 6) is 0.622. The molecule has 0 radical (unpaired) electrons. The van der Waals surface area contributed by atoms with Crippen LogP contribution in [0.1, 0.15) is 36.0 Å². The normalized spacial score (nSPS) is 26.9. The molecule has 0 N–H and O–H groups in total. The summed E-state index contributed by atoms with van der Waals surface area (Å²) in [5.41, 5.74) is 3.89. The van der Waals surface area contributed by atoms with E-state index in [2.05, 4.69) is 36.9 Å². The van der Waals surface area contributed by atoms with E-state index in [4.69, 9.17) is 4.74 Å². The number of hydrogen-bond acceptors (Lipinski definition) is 4. The molecule has 0 aromatic heterocycles. The van der Waals surface area contributed by atoms with Gasteiger partial charge in [-0.25, -0.2) is 8.42 Å². The zero-order valence-electron chi connectivity index (χ0n) is 14.1. The van der Waals surface area contributed by atoms with Gasteiger partial charge in [0.2, 0.25) is 0 Å². The van der Waals surface area contributed by atoms with Crippen molar-refractivity contribution in [1.82, 2.24) is 4.90 Å². The summed E-state index contributed by atoms with van der Waals surface area (Å²) in [6, 6.07) is 6.48. The van der Waals surface area contributed by atoms with Gasteiger partial charge in [-0.15, -0.1) is 0 Å². The Morgan fingerprint density at radius 3 is 2.52 bits per heavy atom. The lowest BCUT2D eigenvalue weighted by molar-refractivity contribution is 0.0573. The van der Waals surface area contributed by atoms with Gasteiger partial charge in [0.05, 0.1) is 17.6 Å². The molecule has 1 aromatic carbocycles. The van der Waals surface area contributed by atoms with Crippen LogP contribution in [0.15, 0.2) is 18.2 Å². The molecule has 0 bridgehead atoms. The first-order chi connectivity index (χ1) is 10.9. The first-order valence-corrected chi connectivity index (χ1v) is 10.4. The van der Waals surface area contributed by atoms with Crippen LogP contribution in [0.2, 0.25) is 0 Å². The van der Waals surface area contributed by atoms with Crippen LogP contribution in [0.25, 0.3) is 0 Å². The van der Waals surface area contributed by atoms with Gasteiger partial charge in [0.25, 0.3) is 0 Å². The molecule has 0 aliphatic carbocycles. The van der Waals surface area contributed by atoms with Crippen LogP contribution in [-0.2, 0) is 21.1 Å². The molecule has 2 atom stereocenters. The van der Waals surface area contributed by atoms with E-state index in [1.807, 2.05) is 0 Å². The highest BCUT2D eigenvalue weighted by Gasteiger charge is 2.34. The van der Waals surface area contributed by atoms with Gasteiger partial charge < -0.3 is 4.74 Å². The van der Waals surface area contributed by atoms with E-state index >= 15 is 0 Å². The van der Waals surface area contributed by atoms with Gasteiger partial charge in [-0.3, -0.25) is 4.90 Å². The Kier molecular flexibility index (Phi) is 5.09. The highest BCUT2D eigenvalue weighted by Crippen LogP contribution is 2.25. The third-order valence-electron chi connectivity index (χ3n) is 5.19. The minimum Gasteiger partial charge on any atom is -0.377 e. The third kappa shape index (κ3) is 4.14. The topological polar surface area (TPSA) is 46.6 Å². The molecular weight excluding hydrogens is 310 g/mol. The third-order valence-corrected chi connectivity index (χ3v) is 6.94. The van der Waals surface area contributed by atoms with E-state index in [1.165, 1.54) is 16.7 Å². The van der Waals surface area contributed by atoms with Gasteiger partial charge in [-0.05, 0) is 49.8 Å². The van der Waals surface area contributed by atoms with Gasteiger partial charge in [0.1, 0.15) is 0 Å². The first kappa shape index (κ1) is 16.9. The minimum absolute atomic E-state index is 0.128. The molecule has 23 heavy (non-hydrogen) atoms. The number of ether oxygens (including phenoxy) is 1. The van der Waals surface area contributed by atoms with Crippen LogP contribution in [0, 0.1) is 13.8 Å². The Hall–Kier alpha value is -0.910. The number of nitrogens with zero attached hydrogens (tertiary/aromatic N) is 1. The molecule has 2 saturated heterocycles. The van der Waals surface area contributed by atoms with Crippen molar-refractivity contribution in [3.63, 3.8) is 0 Å². The number of hydrogen-bond donors (Lipinski definition) is 0. The van der Waals surface area contributed by atoms with Gasteiger partial charge >= 0.3 is 0 Å². The van der Waals surface area contributed by atoms with Gasteiger partial charge in [0.15, 0.2) is 9.84 Å². The molecule has 0 saturated carbocycles. The molecule has 2 fully saturated rings. The van der Waals surface area contributed by atoms with E-state index in [9.17, 15) is 8.42 Å². The fraction of sp³-hybridized carbons (Fsp3) is 0.667. The zero-order chi connectivity index (χ0) is 16.4. The van der Waals surface area contributed by atoms with E-state index in [0.29, 0.717) is 11.5 Å². The maximum Gasteiger partial charge on any atom is 0.151 e. The molecule has 2 heterocycles. The zero-order valence-corrected chi connectivity index (χ0v) is 14.9. The number of rotatable bonds is 5. The Morgan fingerprint density at radius 2 is 1.96 bits per heavy atom. The summed E-state index contributed by atoms with van der Waals surface area (Å²) >= 11 is 0. The van der Waals surface area contributed by atoms with Crippen molar-refractivity contribution >= 4 is 9.84 Å². The Labute approximate surface area is 139 Å². The molecule has 0 spiro atoms. The van der Waals surface area contributed by atoms with Crippen molar-refractivity contribution in [3.8, 4) is 0 Å². The number of benzene rings is 1. The van der Waals surface area contributed by atoms with E-state index in [-0.39, 0.29) is 12.1 Å². The monoisotopic (exact) mass is 337 g/mol. The lowest BCUT2D eigenvalue weighted by Crippen LogP contribution is -2.41. The molecule has 1 aromatic rings. The van der Waals surface area contributed by atoms with E-state index < -0.39 is 9.84 Å². The summed E-state index contributed by atoms with van der Waals surface area (Å²) in [6.45, 7) is 6.77. The lowest BCUT2D eigenvalue weighted by atomic mass is 10.0. The summed E-state index contributed by atoms with van der Waals surface area (Å²) in [4.78, 5) is 2.36. The summed E-state index contributed by atoms with van der Waals surface area (Å²) < 4.78 is 29.6. The molecule has 128 valence electrons. The van der Waals surface area contributed by atoms with Crippen LogP contribution < -0.4 is 0 Å². The van der Waals surface area contributed by atoms with Gasteiger partial charge in [0, 0.05) is 25.7 Å². The smallest absolute Gasteiger partial charge is 0.151 e. The van der Waals surface area contributed by atoms with Crippen molar-refractivity contribution in [1.29, 1.82) is 0 Å². The summed E-state index contributed by atoms with van der Waals surface area (Å²) in [7, 11) is -2.87. The minimum atomic E-state index is -2.87. The standard InChI is InChI=1S/C18H27NO3S/c1-14-5-3-6-15(2)18(14)12-19(11-17-7-4-9-22-17)16-8-10-23(20,21)13-16/h3,5-6,16-17H,4,7-13H2,1-2H3. The van der Waals surface area contributed by atoms with Gasteiger partial charge in [-0.2, -0.15) is 0 Å². The molecule has 4 nitrogen and oxygen atoms in total. The molecule has 3 rings (SSSR count). The second-order valence-corrected chi connectivity index (χ2v) is 9.22. The van der Waals surface area contributed by atoms with Crippen molar-refractivity contribution in [3.05, 3.63) is 34.9 Å². The quantitative estimate of drug-likeness (QED) is 0.828. The average Bonchev–Trinajstić information content (AvgIpc) is 3.11. The molecule has 0 amide bonds. The highest BCUT2D eigenvalue weighted by molar-refractivity contribution is 7.91. The fourth-order valence-corrected chi connectivity index (χ4v) is 5.52. The Morgan fingerprint density at radius 1 is 1.22 bits per heavy atom. The summed E-state index contributed by atoms with van der Waals surface area (Å²) in [5, 5.41) is 0. The lowest BCUT2D eigenvalue weighted by Gasteiger charge is -2.31. The molecular formula is C18H27NO3S. The second kappa shape index (κ2) is 6.91. The maximum atomic E-state index is 11.9.